The Morgan fingerprint density at radius 3 is 2.82 bits per heavy atom. The lowest BCUT2D eigenvalue weighted by Gasteiger charge is -2.36. The van der Waals surface area contributed by atoms with Crippen LogP contribution in [0.15, 0.2) is 30.3 Å². The molecule has 152 valence electrons. The maximum Gasteiger partial charge on any atom is 0.230 e. The van der Waals surface area contributed by atoms with Gasteiger partial charge in [-0.1, -0.05) is 36.8 Å². The molecule has 2 aromatic rings. The number of carbonyl (C=O) groups is 1. The summed E-state index contributed by atoms with van der Waals surface area (Å²) in [6.07, 6.45) is 4.19. The van der Waals surface area contributed by atoms with Gasteiger partial charge in [-0.25, -0.2) is 0 Å². The molecule has 8 heteroatoms. The third-order valence-electron chi connectivity index (χ3n) is 6.54. The average Bonchev–Trinajstić information content (AvgIpc) is 3.36. The molecule has 1 amide bonds. The minimum Gasteiger partial charge on any atom is -0.333 e. The molecule has 28 heavy (non-hydrogen) atoms. The topological polar surface area (TPSA) is 63.1 Å². The van der Waals surface area contributed by atoms with Crippen molar-refractivity contribution in [2.75, 3.05) is 19.6 Å². The number of fused-ring (bicyclic) bond motifs is 2. The molecule has 1 aliphatic carbocycles. The highest BCUT2D eigenvalue weighted by atomic mass is 35.5. The molecule has 2 aliphatic heterocycles. The van der Waals surface area contributed by atoms with E-state index in [-0.39, 0.29) is 30.2 Å². The van der Waals surface area contributed by atoms with Crippen molar-refractivity contribution in [3.05, 3.63) is 47.5 Å². The van der Waals surface area contributed by atoms with Gasteiger partial charge in [-0.15, -0.1) is 35.0 Å². The molecule has 1 N–H and O–H groups in total. The lowest BCUT2D eigenvalue weighted by atomic mass is 9.79. The summed E-state index contributed by atoms with van der Waals surface area (Å²) in [5, 5.41) is 12.3. The zero-order chi connectivity index (χ0) is 17.6. The predicted octanol–water partition coefficient (Wildman–Crippen LogP) is 2.44. The number of hydrogen-bond acceptors (Lipinski definition) is 4. The molecule has 0 unspecified atom stereocenters. The van der Waals surface area contributed by atoms with E-state index in [1.807, 2.05) is 11.0 Å². The van der Waals surface area contributed by atoms with Crippen molar-refractivity contribution in [1.82, 2.24) is 25.0 Å². The van der Waals surface area contributed by atoms with Gasteiger partial charge in [0.15, 0.2) is 5.82 Å². The van der Waals surface area contributed by atoms with E-state index in [1.165, 1.54) is 18.4 Å². The number of hydrogen-bond donors (Lipinski definition) is 1. The number of rotatable bonds is 3. The zero-order valence-corrected chi connectivity index (χ0v) is 17.5. The van der Waals surface area contributed by atoms with E-state index in [2.05, 4.69) is 44.3 Å². The van der Waals surface area contributed by atoms with Crippen LogP contribution in [-0.2, 0) is 24.3 Å². The first-order valence-corrected chi connectivity index (χ1v) is 9.71. The van der Waals surface area contributed by atoms with Crippen LogP contribution in [0.3, 0.4) is 0 Å². The first kappa shape index (κ1) is 21.1. The van der Waals surface area contributed by atoms with Gasteiger partial charge in [0.1, 0.15) is 5.82 Å². The van der Waals surface area contributed by atoms with Crippen LogP contribution in [0.1, 0.15) is 36.5 Å². The molecule has 2 fully saturated rings. The molecule has 1 aromatic carbocycles. The number of nitrogens with one attached hydrogen (secondary N) is 1. The molecular weight excluding hydrogens is 397 g/mol. The SMILES string of the molecule is Cl.Cl.O=C(N1CCn2c(Cc3ccccc3)nnc2C1)[C@@]12CCC[C@@H]1CNC2. The van der Waals surface area contributed by atoms with Crippen LogP contribution in [0.4, 0.5) is 0 Å². The van der Waals surface area contributed by atoms with Crippen LogP contribution in [0.2, 0.25) is 0 Å². The van der Waals surface area contributed by atoms with Crippen LogP contribution in [-0.4, -0.2) is 45.2 Å². The van der Waals surface area contributed by atoms with Crippen molar-refractivity contribution >= 4 is 30.7 Å². The maximum atomic E-state index is 13.3. The van der Waals surface area contributed by atoms with Crippen molar-refractivity contribution in [2.45, 2.75) is 38.8 Å². The fourth-order valence-electron chi connectivity index (χ4n) is 5.12. The third-order valence-corrected chi connectivity index (χ3v) is 6.54. The van der Waals surface area contributed by atoms with Crippen molar-refractivity contribution in [3.63, 3.8) is 0 Å². The Balaban J connectivity index is 0.00000112. The molecule has 0 radical (unpaired) electrons. The second-order valence-corrected chi connectivity index (χ2v) is 7.95. The molecule has 0 spiro atoms. The van der Waals surface area contributed by atoms with Crippen molar-refractivity contribution in [2.24, 2.45) is 11.3 Å². The number of aromatic nitrogens is 3. The first-order valence-electron chi connectivity index (χ1n) is 9.71. The lowest BCUT2D eigenvalue weighted by Crippen LogP contribution is -2.49. The first-order chi connectivity index (χ1) is 12.8. The summed E-state index contributed by atoms with van der Waals surface area (Å²) in [5.41, 5.74) is 1.08. The van der Waals surface area contributed by atoms with Crippen molar-refractivity contribution in [3.8, 4) is 0 Å². The Labute approximate surface area is 177 Å². The molecular formula is C20H27Cl2N5O. The summed E-state index contributed by atoms with van der Waals surface area (Å²) < 4.78 is 2.20. The van der Waals surface area contributed by atoms with E-state index in [0.29, 0.717) is 18.4 Å². The van der Waals surface area contributed by atoms with E-state index in [4.69, 9.17) is 0 Å². The van der Waals surface area contributed by atoms with E-state index < -0.39 is 0 Å². The summed E-state index contributed by atoms with van der Waals surface area (Å²) >= 11 is 0. The fraction of sp³-hybridized carbons (Fsp3) is 0.550. The normalized spacial score (nSPS) is 25.4. The molecule has 1 saturated carbocycles. The minimum atomic E-state index is -0.158. The standard InChI is InChI=1S/C20H25N5O.2ClH/c26-19(20-8-4-7-16(20)12-21-14-20)24-9-10-25-17(22-23-18(25)13-24)11-15-5-2-1-3-6-15;;/h1-3,5-6,16,21H,4,7-14H2;2*1H/t16-,20-;;/m1../s1. The Bertz CT molecular complexity index is 815. The van der Waals surface area contributed by atoms with E-state index >= 15 is 0 Å². The van der Waals surface area contributed by atoms with Gasteiger partial charge in [-0.05, 0) is 30.9 Å². The van der Waals surface area contributed by atoms with E-state index in [0.717, 1.165) is 50.7 Å². The van der Waals surface area contributed by atoms with Gasteiger partial charge >= 0.3 is 0 Å². The van der Waals surface area contributed by atoms with Crippen LogP contribution in [0.5, 0.6) is 0 Å². The number of amides is 1. The van der Waals surface area contributed by atoms with Crippen molar-refractivity contribution in [1.29, 1.82) is 0 Å². The van der Waals surface area contributed by atoms with Gasteiger partial charge in [0, 0.05) is 26.1 Å². The summed E-state index contributed by atoms with van der Waals surface area (Å²) in [6.45, 7) is 4.00. The zero-order valence-electron chi connectivity index (χ0n) is 15.8. The number of halogens is 2. The summed E-state index contributed by atoms with van der Waals surface area (Å²) in [6, 6.07) is 10.4. The van der Waals surface area contributed by atoms with E-state index in [9.17, 15) is 4.79 Å². The summed E-state index contributed by atoms with van der Waals surface area (Å²) in [5.74, 6) is 2.78. The molecule has 2 atom stereocenters. The number of carbonyl (C=O) groups excluding carboxylic acids is 1. The summed E-state index contributed by atoms with van der Waals surface area (Å²) in [4.78, 5) is 15.4. The smallest absolute Gasteiger partial charge is 0.230 e. The average molecular weight is 424 g/mol. The summed E-state index contributed by atoms with van der Waals surface area (Å²) in [7, 11) is 0. The van der Waals surface area contributed by atoms with E-state index in [1.54, 1.807) is 0 Å². The Morgan fingerprint density at radius 2 is 2.00 bits per heavy atom. The van der Waals surface area contributed by atoms with Crippen LogP contribution >= 0.6 is 24.8 Å². The Hall–Kier alpha value is -1.63. The van der Waals surface area contributed by atoms with Gasteiger partial charge in [0.2, 0.25) is 5.91 Å². The number of nitrogens with zero attached hydrogens (tertiary/aromatic N) is 4. The molecule has 3 heterocycles. The molecule has 1 saturated heterocycles. The number of benzene rings is 1. The molecule has 5 rings (SSSR count). The molecule has 6 nitrogen and oxygen atoms in total. The van der Waals surface area contributed by atoms with Gasteiger partial charge < -0.3 is 14.8 Å². The highest BCUT2D eigenvalue weighted by Gasteiger charge is 2.53. The lowest BCUT2D eigenvalue weighted by molar-refractivity contribution is -0.144. The highest BCUT2D eigenvalue weighted by molar-refractivity contribution is 5.85. The fourth-order valence-corrected chi connectivity index (χ4v) is 5.12. The van der Waals surface area contributed by atoms with Crippen LogP contribution in [0.25, 0.3) is 0 Å². The predicted molar refractivity (Wildman–Crippen MR) is 112 cm³/mol. The molecule has 0 bridgehead atoms. The quantitative estimate of drug-likeness (QED) is 0.823. The third kappa shape index (κ3) is 3.42. The second-order valence-electron chi connectivity index (χ2n) is 7.95. The second kappa shape index (κ2) is 8.39. The largest absolute Gasteiger partial charge is 0.333 e. The Kier molecular flexibility index (Phi) is 6.32. The molecule has 1 aromatic heterocycles. The van der Waals surface area contributed by atoms with Crippen molar-refractivity contribution < 1.29 is 4.79 Å². The highest BCUT2D eigenvalue weighted by Crippen LogP contribution is 2.47. The Morgan fingerprint density at radius 1 is 1.18 bits per heavy atom. The maximum absolute atomic E-state index is 13.3. The van der Waals surface area contributed by atoms with Gasteiger partial charge in [0.05, 0.1) is 12.0 Å². The van der Waals surface area contributed by atoms with Gasteiger partial charge in [-0.3, -0.25) is 4.79 Å². The monoisotopic (exact) mass is 423 g/mol. The van der Waals surface area contributed by atoms with Gasteiger partial charge in [-0.2, -0.15) is 0 Å². The van der Waals surface area contributed by atoms with Crippen LogP contribution in [0, 0.1) is 11.3 Å². The van der Waals surface area contributed by atoms with Gasteiger partial charge in [0.25, 0.3) is 0 Å². The minimum absolute atomic E-state index is 0. The molecule has 3 aliphatic rings. The van der Waals surface area contributed by atoms with Crippen LogP contribution < -0.4 is 5.32 Å².